The van der Waals surface area contributed by atoms with Crippen LogP contribution in [0.1, 0.15) is 15.6 Å². The summed E-state index contributed by atoms with van der Waals surface area (Å²) in [5, 5.41) is 9.86. The topological polar surface area (TPSA) is 55.2 Å². The Bertz CT molecular complexity index is 453. The normalized spacial score (nSPS) is 10.4. The molecule has 2 heterocycles. The smallest absolute Gasteiger partial charge is 0.138 e. The molecule has 0 radical (unpaired) electrons. The number of thiazole rings is 1. The fourth-order valence-electron chi connectivity index (χ4n) is 1.22. The van der Waals surface area contributed by atoms with Gasteiger partial charge in [-0.2, -0.15) is 0 Å². The Morgan fingerprint density at radius 3 is 2.75 bits per heavy atom. The predicted octanol–water partition coefficient (Wildman–Crippen LogP) is 1.92. The second-order valence-corrected chi connectivity index (χ2v) is 4.60. The first kappa shape index (κ1) is 11.0. The molecule has 0 aliphatic rings. The van der Waals surface area contributed by atoms with E-state index in [1.807, 2.05) is 13.1 Å². The number of ether oxygens (including phenoxy) is 1. The fraction of sp³-hybridized carbons (Fsp3) is 0.273. The van der Waals surface area contributed by atoms with E-state index in [4.69, 9.17) is 9.84 Å². The van der Waals surface area contributed by atoms with Crippen LogP contribution in [0.5, 0.6) is 5.75 Å². The minimum atomic E-state index is -0.0473. The van der Waals surface area contributed by atoms with E-state index in [1.54, 1.807) is 29.7 Å². The molecule has 0 unspecified atom stereocenters. The van der Waals surface area contributed by atoms with Crippen LogP contribution in [0.4, 0.5) is 0 Å². The van der Waals surface area contributed by atoms with Crippen molar-refractivity contribution in [3.63, 3.8) is 0 Å². The Labute approximate surface area is 97.6 Å². The Kier molecular flexibility index (Phi) is 3.48. The molecule has 0 aliphatic carbocycles. The maximum absolute atomic E-state index is 8.83. The summed E-state index contributed by atoms with van der Waals surface area (Å²) in [5.74, 6) is 0.697. The highest BCUT2D eigenvalue weighted by atomic mass is 32.1. The minimum Gasteiger partial charge on any atom is -0.486 e. The molecule has 0 saturated carbocycles. The first-order valence-electron chi connectivity index (χ1n) is 4.88. The highest BCUT2D eigenvalue weighted by molar-refractivity contribution is 7.11. The van der Waals surface area contributed by atoms with E-state index in [0.29, 0.717) is 18.1 Å². The second kappa shape index (κ2) is 5.05. The van der Waals surface area contributed by atoms with Crippen LogP contribution in [0.2, 0.25) is 0 Å². The number of nitrogens with zero attached hydrogens (tertiary/aromatic N) is 2. The van der Waals surface area contributed by atoms with Gasteiger partial charge in [0.2, 0.25) is 0 Å². The van der Waals surface area contributed by atoms with Gasteiger partial charge in [-0.25, -0.2) is 4.98 Å². The Morgan fingerprint density at radius 1 is 1.31 bits per heavy atom. The number of pyridine rings is 1. The highest BCUT2D eigenvalue weighted by Crippen LogP contribution is 2.16. The molecule has 0 fully saturated rings. The number of hydrogen-bond donors (Lipinski definition) is 1. The van der Waals surface area contributed by atoms with Crippen molar-refractivity contribution in [2.45, 2.75) is 20.1 Å². The molecule has 5 heteroatoms. The van der Waals surface area contributed by atoms with Crippen LogP contribution in [-0.2, 0) is 13.2 Å². The van der Waals surface area contributed by atoms with Crippen molar-refractivity contribution in [3.05, 3.63) is 40.1 Å². The van der Waals surface area contributed by atoms with Gasteiger partial charge in [-0.05, 0) is 19.1 Å². The van der Waals surface area contributed by atoms with Crippen LogP contribution in [-0.4, -0.2) is 15.1 Å². The van der Waals surface area contributed by atoms with Gasteiger partial charge in [0.15, 0.2) is 0 Å². The monoisotopic (exact) mass is 236 g/mol. The van der Waals surface area contributed by atoms with Crippen LogP contribution in [0.25, 0.3) is 0 Å². The molecule has 0 aromatic carbocycles. The van der Waals surface area contributed by atoms with Crippen molar-refractivity contribution in [1.82, 2.24) is 9.97 Å². The van der Waals surface area contributed by atoms with Gasteiger partial charge in [0, 0.05) is 6.20 Å². The van der Waals surface area contributed by atoms with Gasteiger partial charge in [0.05, 0.1) is 28.4 Å². The summed E-state index contributed by atoms with van der Waals surface area (Å²) in [6.45, 7) is 2.42. The summed E-state index contributed by atoms with van der Waals surface area (Å²) in [6, 6.07) is 3.54. The number of aliphatic hydroxyl groups excluding tert-OH is 1. The van der Waals surface area contributed by atoms with Crippen molar-refractivity contribution in [1.29, 1.82) is 0 Å². The average molecular weight is 236 g/mol. The summed E-state index contributed by atoms with van der Waals surface area (Å²) < 4.78 is 5.53. The summed E-state index contributed by atoms with van der Waals surface area (Å²) in [5.41, 5.74) is 0.640. The van der Waals surface area contributed by atoms with Crippen LogP contribution in [0.3, 0.4) is 0 Å². The zero-order valence-corrected chi connectivity index (χ0v) is 9.70. The zero-order valence-electron chi connectivity index (χ0n) is 8.88. The van der Waals surface area contributed by atoms with E-state index in [-0.39, 0.29) is 6.61 Å². The van der Waals surface area contributed by atoms with Crippen molar-refractivity contribution >= 4 is 11.3 Å². The molecule has 0 atom stereocenters. The molecule has 1 N–H and O–H groups in total. The fourth-order valence-corrected chi connectivity index (χ4v) is 1.92. The third kappa shape index (κ3) is 2.77. The van der Waals surface area contributed by atoms with Crippen LogP contribution in [0.15, 0.2) is 24.5 Å². The number of aromatic nitrogens is 2. The molecule has 0 saturated heterocycles. The SMILES string of the molecule is Cc1ncc(COc2ccc(CO)nc2)s1. The van der Waals surface area contributed by atoms with E-state index in [9.17, 15) is 0 Å². The number of aliphatic hydroxyl groups is 1. The number of rotatable bonds is 4. The van der Waals surface area contributed by atoms with Gasteiger partial charge in [-0.15, -0.1) is 11.3 Å². The van der Waals surface area contributed by atoms with Crippen LogP contribution >= 0.6 is 11.3 Å². The van der Waals surface area contributed by atoms with Crippen molar-refractivity contribution in [2.24, 2.45) is 0 Å². The Morgan fingerprint density at radius 2 is 2.19 bits per heavy atom. The molecule has 2 aromatic rings. The second-order valence-electron chi connectivity index (χ2n) is 3.28. The molecular formula is C11H12N2O2S. The van der Waals surface area contributed by atoms with Crippen LogP contribution in [0, 0.1) is 6.92 Å². The maximum atomic E-state index is 8.83. The van der Waals surface area contributed by atoms with E-state index in [2.05, 4.69) is 9.97 Å². The van der Waals surface area contributed by atoms with E-state index in [0.717, 1.165) is 9.88 Å². The van der Waals surface area contributed by atoms with E-state index < -0.39 is 0 Å². The van der Waals surface area contributed by atoms with Crippen molar-refractivity contribution < 1.29 is 9.84 Å². The minimum absolute atomic E-state index is 0.0473. The molecule has 0 spiro atoms. The van der Waals surface area contributed by atoms with E-state index in [1.165, 1.54) is 0 Å². The van der Waals surface area contributed by atoms with Gasteiger partial charge in [-0.3, -0.25) is 4.98 Å². The zero-order chi connectivity index (χ0) is 11.4. The molecule has 2 rings (SSSR count). The quantitative estimate of drug-likeness (QED) is 0.881. The van der Waals surface area contributed by atoms with Gasteiger partial charge in [0.1, 0.15) is 12.4 Å². The van der Waals surface area contributed by atoms with E-state index >= 15 is 0 Å². The molecule has 16 heavy (non-hydrogen) atoms. The predicted molar refractivity (Wildman–Crippen MR) is 61.3 cm³/mol. The van der Waals surface area contributed by atoms with Crippen molar-refractivity contribution in [3.8, 4) is 5.75 Å². The standard InChI is InChI=1S/C11H12N2O2S/c1-8-12-5-11(16-8)7-15-10-3-2-9(6-14)13-4-10/h2-5,14H,6-7H2,1H3. The molecule has 4 nitrogen and oxygen atoms in total. The molecular weight excluding hydrogens is 224 g/mol. The summed E-state index contributed by atoms with van der Waals surface area (Å²) >= 11 is 1.62. The number of hydrogen-bond acceptors (Lipinski definition) is 5. The van der Waals surface area contributed by atoms with Gasteiger partial charge in [-0.1, -0.05) is 0 Å². The molecule has 0 aliphatic heterocycles. The summed E-state index contributed by atoms with van der Waals surface area (Å²) in [7, 11) is 0. The Balaban J connectivity index is 1.94. The average Bonchev–Trinajstić information content (AvgIpc) is 2.73. The molecule has 84 valence electrons. The lowest BCUT2D eigenvalue weighted by Gasteiger charge is -2.03. The van der Waals surface area contributed by atoms with Gasteiger partial charge < -0.3 is 9.84 Å². The molecule has 0 bridgehead atoms. The van der Waals surface area contributed by atoms with Gasteiger partial charge >= 0.3 is 0 Å². The largest absolute Gasteiger partial charge is 0.486 e. The highest BCUT2D eigenvalue weighted by Gasteiger charge is 2.00. The van der Waals surface area contributed by atoms with Crippen molar-refractivity contribution in [2.75, 3.05) is 0 Å². The van der Waals surface area contributed by atoms with Crippen LogP contribution < -0.4 is 4.74 Å². The third-order valence-corrected chi connectivity index (χ3v) is 2.90. The first-order valence-corrected chi connectivity index (χ1v) is 5.69. The lowest BCUT2D eigenvalue weighted by molar-refractivity contribution is 0.275. The number of aryl methyl sites for hydroxylation is 1. The Hall–Kier alpha value is -1.46. The maximum Gasteiger partial charge on any atom is 0.138 e. The third-order valence-electron chi connectivity index (χ3n) is 2.01. The lowest BCUT2D eigenvalue weighted by atomic mass is 10.3. The summed E-state index contributed by atoms with van der Waals surface area (Å²) in [6.07, 6.45) is 3.43. The summed E-state index contributed by atoms with van der Waals surface area (Å²) in [4.78, 5) is 9.26. The molecule has 0 amide bonds. The molecule has 2 aromatic heterocycles. The first-order chi connectivity index (χ1) is 7.78. The lowest BCUT2D eigenvalue weighted by Crippen LogP contribution is -1.95. The van der Waals surface area contributed by atoms with Gasteiger partial charge in [0.25, 0.3) is 0 Å².